The number of rotatable bonds is 2. The monoisotopic (exact) mass is 330 g/mol. The van der Waals surface area contributed by atoms with E-state index in [9.17, 15) is 13.6 Å². The number of hydrogen-bond donors (Lipinski definition) is 1. The molecule has 1 heterocycles. The Bertz CT molecular complexity index is 636. The molecule has 1 N–H and O–H groups in total. The van der Waals surface area contributed by atoms with E-state index in [1.54, 1.807) is 13.8 Å². The Labute approximate surface area is 115 Å². The number of benzene rings is 1. The van der Waals surface area contributed by atoms with Crippen LogP contribution in [0.2, 0.25) is 0 Å². The van der Waals surface area contributed by atoms with E-state index in [2.05, 4.69) is 26.4 Å². The quantitative estimate of drug-likeness (QED) is 0.856. The van der Waals surface area contributed by atoms with Crippen LogP contribution in [0.4, 0.5) is 14.5 Å². The molecule has 19 heavy (non-hydrogen) atoms. The van der Waals surface area contributed by atoms with Gasteiger partial charge in [-0.1, -0.05) is 5.16 Å². The Kier molecular flexibility index (Phi) is 3.66. The molecule has 0 atom stereocenters. The molecule has 0 unspecified atom stereocenters. The van der Waals surface area contributed by atoms with E-state index in [1.165, 1.54) is 0 Å². The van der Waals surface area contributed by atoms with Gasteiger partial charge in [0.05, 0.1) is 15.9 Å². The zero-order chi connectivity index (χ0) is 14.2. The molecule has 0 aliphatic heterocycles. The lowest BCUT2D eigenvalue weighted by Gasteiger charge is -2.07. The van der Waals surface area contributed by atoms with Gasteiger partial charge < -0.3 is 9.84 Å². The summed E-state index contributed by atoms with van der Waals surface area (Å²) in [7, 11) is 0. The third-order valence-electron chi connectivity index (χ3n) is 2.52. The van der Waals surface area contributed by atoms with Gasteiger partial charge in [0, 0.05) is 6.07 Å². The third kappa shape index (κ3) is 2.65. The molecule has 2 rings (SSSR count). The Hall–Kier alpha value is -1.76. The summed E-state index contributed by atoms with van der Waals surface area (Å²) in [6.07, 6.45) is 0. The average Bonchev–Trinajstić information content (AvgIpc) is 2.66. The van der Waals surface area contributed by atoms with Crippen LogP contribution < -0.4 is 5.32 Å². The molecule has 0 bridgehead atoms. The van der Waals surface area contributed by atoms with E-state index >= 15 is 0 Å². The van der Waals surface area contributed by atoms with E-state index in [4.69, 9.17) is 4.52 Å². The Balaban J connectivity index is 2.32. The minimum atomic E-state index is -0.742. The van der Waals surface area contributed by atoms with Crippen molar-refractivity contribution in [2.45, 2.75) is 13.8 Å². The maximum absolute atomic E-state index is 13.6. The van der Waals surface area contributed by atoms with Crippen molar-refractivity contribution in [1.82, 2.24) is 5.16 Å². The number of aromatic nitrogens is 1. The van der Waals surface area contributed by atoms with Crippen LogP contribution in [-0.4, -0.2) is 11.1 Å². The summed E-state index contributed by atoms with van der Waals surface area (Å²) in [6.45, 7) is 3.15. The fourth-order valence-corrected chi connectivity index (χ4v) is 1.93. The van der Waals surface area contributed by atoms with Crippen molar-refractivity contribution in [1.29, 1.82) is 0 Å². The number of amides is 1. The molecule has 0 spiro atoms. The van der Waals surface area contributed by atoms with Crippen molar-refractivity contribution in [3.05, 3.63) is 45.3 Å². The largest absolute Gasteiger partial charge is 0.361 e. The van der Waals surface area contributed by atoms with Gasteiger partial charge in [0.15, 0.2) is 0 Å². The minimum Gasteiger partial charge on any atom is -0.361 e. The summed E-state index contributed by atoms with van der Waals surface area (Å²) in [6, 6.07) is 1.84. The molecule has 0 aliphatic carbocycles. The van der Waals surface area contributed by atoms with Crippen LogP contribution in [0.5, 0.6) is 0 Å². The van der Waals surface area contributed by atoms with Crippen LogP contribution in [0.15, 0.2) is 21.1 Å². The van der Waals surface area contributed by atoms with Crippen LogP contribution in [0.25, 0.3) is 0 Å². The zero-order valence-electron chi connectivity index (χ0n) is 10.1. The van der Waals surface area contributed by atoms with Gasteiger partial charge in [-0.3, -0.25) is 4.79 Å². The molecular formula is C12H9BrF2N2O2. The van der Waals surface area contributed by atoms with Gasteiger partial charge in [0.1, 0.15) is 23.0 Å². The molecule has 1 amide bonds. The number of anilines is 1. The Morgan fingerprint density at radius 2 is 2.00 bits per heavy atom. The van der Waals surface area contributed by atoms with E-state index < -0.39 is 17.5 Å². The van der Waals surface area contributed by atoms with Gasteiger partial charge in [-0.15, -0.1) is 0 Å². The van der Waals surface area contributed by atoms with Crippen LogP contribution in [-0.2, 0) is 0 Å². The zero-order valence-corrected chi connectivity index (χ0v) is 11.6. The highest BCUT2D eigenvalue weighted by molar-refractivity contribution is 9.10. The Morgan fingerprint density at radius 1 is 1.32 bits per heavy atom. The first kappa shape index (κ1) is 13.7. The van der Waals surface area contributed by atoms with E-state index in [0.717, 1.165) is 12.1 Å². The van der Waals surface area contributed by atoms with Gasteiger partial charge in [0.25, 0.3) is 5.91 Å². The SMILES string of the molecule is Cc1noc(C)c1C(=O)Nc1cc(F)c(Br)cc1F. The first-order valence-corrected chi connectivity index (χ1v) is 6.08. The van der Waals surface area contributed by atoms with Crippen LogP contribution >= 0.6 is 15.9 Å². The number of aryl methyl sites for hydroxylation is 2. The van der Waals surface area contributed by atoms with E-state index in [-0.39, 0.29) is 15.7 Å². The molecule has 0 radical (unpaired) electrons. The lowest BCUT2D eigenvalue weighted by atomic mass is 10.2. The maximum Gasteiger partial charge on any atom is 0.261 e. The highest BCUT2D eigenvalue weighted by Gasteiger charge is 2.19. The normalized spacial score (nSPS) is 10.6. The van der Waals surface area contributed by atoms with Crippen molar-refractivity contribution in [2.75, 3.05) is 5.32 Å². The van der Waals surface area contributed by atoms with Gasteiger partial charge in [0.2, 0.25) is 0 Å². The lowest BCUT2D eigenvalue weighted by Crippen LogP contribution is -2.14. The molecule has 7 heteroatoms. The molecule has 100 valence electrons. The smallest absolute Gasteiger partial charge is 0.261 e. The number of carbonyl (C=O) groups is 1. The van der Waals surface area contributed by atoms with Crippen LogP contribution in [0.3, 0.4) is 0 Å². The summed E-state index contributed by atoms with van der Waals surface area (Å²) in [4.78, 5) is 12.0. The van der Waals surface area contributed by atoms with Crippen molar-refractivity contribution in [3.8, 4) is 0 Å². The molecule has 0 aliphatic rings. The fourth-order valence-electron chi connectivity index (χ4n) is 1.61. The van der Waals surface area contributed by atoms with Crippen molar-refractivity contribution in [2.24, 2.45) is 0 Å². The second-order valence-corrected chi connectivity index (χ2v) is 4.75. The number of halogens is 3. The highest BCUT2D eigenvalue weighted by Crippen LogP contribution is 2.24. The van der Waals surface area contributed by atoms with Gasteiger partial charge in [-0.05, 0) is 35.8 Å². The molecule has 1 aromatic heterocycles. The standard InChI is InChI=1S/C12H9BrF2N2O2/c1-5-11(6(2)19-17-5)12(18)16-10-4-8(14)7(13)3-9(10)15/h3-4H,1-2H3,(H,16,18). The minimum absolute atomic E-state index is 0.0136. The summed E-state index contributed by atoms with van der Waals surface area (Å²) in [5, 5.41) is 5.91. The van der Waals surface area contributed by atoms with Gasteiger partial charge >= 0.3 is 0 Å². The number of hydrogen-bond acceptors (Lipinski definition) is 3. The second kappa shape index (κ2) is 5.08. The number of nitrogens with one attached hydrogen (secondary N) is 1. The molecule has 2 aromatic rings. The summed E-state index contributed by atoms with van der Waals surface area (Å²) in [5.74, 6) is -1.70. The van der Waals surface area contributed by atoms with Crippen LogP contribution in [0.1, 0.15) is 21.8 Å². The predicted octanol–water partition coefficient (Wildman–Crippen LogP) is 3.58. The first-order valence-electron chi connectivity index (χ1n) is 5.29. The first-order chi connectivity index (χ1) is 8.90. The number of carbonyl (C=O) groups excluding carboxylic acids is 1. The molecule has 0 saturated carbocycles. The van der Waals surface area contributed by atoms with Gasteiger partial charge in [-0.2, -0.15) is 0 Å². The van der Waals surface area contributed by atoms with E-state index in [0.29, 0.717) is 11.5 Å². The summed E-state index contributed by atoms with van der Waals surface area (Å²) < 4.78 is 31.7. The topological polar surface area (TPSA) is 55.1 Å². The molecule has 4 nitrogen and oxygen atoms in total. The summed E-state index contributed by atoms with van der Waals surface area (Å²) >= 11 is 2.86. The molecular weight excluding hydrogens is 322 g/mol. The molecule has 0 fully saturated rings. The third-order valence-corrected chi connectivity index (χ3v) is 3.13. The van der Waals surface area contributed by atoms with Crippen molar-refractivity contribution >= 4 is 27.5 Å². The Morgan fingerprint density at radius 3 is 2.58 bits per heavy atom. The average molecular weight is 331 g/mol. The summed E-state index contributed by atoms with van der Waals surface area (Å²) in [5.41, 5.74) is 0.349. The fraction of sp³-hybridized carbons (Fsp3) is 0.167. The van der Waals surface area contributed by atoms with Crippen LogP contribution in [0, 0.1) is 25.5 Å². The van der Waals surface area contributed by atoms with Gasteiger partial charge in [-0.25, -0.2) is 8.78 Å². The predicted molar refractivity (Wildman–Crippen MR) is 68.0 cm³/mol. The number of nitrogens with zero attached hydrogens (tertiary/aromatic N) is 1. The second-order valence-electron chi connectivity index (χ2n) is 3.90. The van der Waals surface area contributed by atoms with Crippen molar-refractivity contribution in [3.63, 3.8) is 0 Å². The maximum atomic E-state index is 13.6. The lowest BCUT2D eigenvalue weighted by molar-refractivity contribution is 0.102. The molecule has 0 saturated heterocycles. The van der Waals surface area contributed by atoms with E-state index in [1.807, 2.05) is 0 Å². The highest BCUT2D eigenvalue weighted by atomic mass is 79.9. The van der Waals surface area contributed by atoms with Crippen molar-refractivity contribution < 1.29 is 18.1 Å². The molecule has 1 aromatic carbocycles.